The third-order valence-corrected chi connectivity index (χ3v) is 4.41. The second-order valence-electron chi connectivity index (χ2n) is 5.13. The summed E-state index contributed by atoms with van der Waals surface area (Å²) in [6.07, 6.45) is 7.35. The Balaban J connectivity index is 1.81. The summed E-state index contributed by atoms with van der Waals surface area (Å²) in [5.74, 6) is 1.06. The molecule has 0 radical (unpaired) electrons. The van der Waals surface area contributed by atoms with Crippen molar-refractivity contribution >= 4 is 11.3 Å². The van der Waals surface area contributed by atoms with Crippen LogP contribution in [0.4, 0.5) is 0 Å². The Kier molecular flexibility index (Phi) is 6.21. The number of hydrogen-bond acceptors (Lipinski definition) is 4. The van der Waals surface area contributed by atoms with Gasteiger partial charge >= 0.3 is 0 Å². The van der Waals surface area contributed by atoms with Gasteiger partial charge in [-0.05, 0) is 43.7 Å². The van der Waals surface area contributed by atoms with E-state index >= 15 is 0 Å². The summed E-state index contributed by atoms with van der Waals surface area (Å²) < 4.78 is 1.87. The van der Waals surface area contributed by atoms with E-state index in [0.717, 1.165) is 18.8 Å². The van der Waals surface area contributed by atoms with Gasteiger partial charge in [0.25, 0.3) is 0 Å². The largest absolute Gasteiger partial charge is 0.314 e. The molecule has 20 heavy (non-hydrogen) atoms. The monoisotopic (exact) mass is 292 g/mol. The minimum atomic E-state index is 0.498. The smallest absolute Gasteiger partial charge is 0.138 e. The van der Waals surface area contributed by atoms with E-state index in [1.807, 2.05) is 23.1 Å². The quantitative estimate of drug-likeness (QED) is 0.773. The number of nitrogens with one attached hydrogen (secondary N) is 1. The average Bonchev–Trinajstić information content (AvgIpc) is 3.08. The molecule has 1 unspecified atom stereocenters. The zero-order valence-electron chi connectivity index (χ0n) is 12.4. The molecule has 0 saturated heterocycles. The molecule has 5 heteroatoms. The standard InChI is InChI=1S/C15H24N4S/c1-3-9-16-13(11-15-17-12-18-19(15)2)6-4-7-14-8-5-10-20-14/h5,8,10,12-13,16H,3-4,6-7,9,11H2,1-2H3. The molecular formula is C15H24N4S. The Morgan fingerprint density at radius 3 is 3.00 bits per heavy atom. The lowest BCUT2D eigenvalue weighted by atomic mass is 10.1. The molecule has 0 aliphatic rings. The van der Waals surface area contributed by atoms with Gasteiger partial charge in [-0.1, -0.05) is 13.0 Å². The zero-order chi connectivity index (χ0) is 14.2. The van der Waals surface area contributed by atoms with E-state index in [1.165, 1.54) is 30.6 Å². The zero-order valence-corrected chi connectivity index (χ0v) is 13.2. The predicted octanol–water partition coefficient (Wildman–Crippen LogP) is 2.81. The number of thiophene rings is 1. The highest BCUT2D eigenvalue weighted by molar-refractivity contribution is 7.09. The van der Waals surface area contributed by atoms with Crippen LogP contribution >= 0.6 is 11.3 Å². The first-order chi connectivity index (χ1) is 9.79. The molecule has 4 nitrogen and oxygen atoms in total. The van der Waals surface area contributed by atoms with Gasteiger partial charge in [-0.15, -0.1) is 11.3 Å². The van der Waals surface area contributed by atoms with Gasteiger partial charge in [0.1, 0.15) is 12.2 Å². The average molecular weight is 292 g/mol. The number of aromatic nitrogens is 3. The molecule has 2 aromatic heterocycles. The molecule has 0 saturated carbocycles. The first-order valence-electron chi connectivity index (χ1n) is 7.38. The summed E-state index contributed by atoms with van der Waals surface area (Å²) in [6.45, 7) is 3.28. The highest BCUT2D eigenvalue weighted by Crippen LogP contribution is 2.14. The maximum atomic E-state index is 4.34. The van der Waals surface area contributed by atoms with E-state index in [4.69, 9.17) is 0 Å². The summed E-state index contributed by atoms with van der Waals surface area (Å²) in [7, 11) is 1.96. The molecule has 1 N–H and O–H groups in total. The van der Waals surface area contributed by atoms with Crippen molar-refractivity contribution in [2.24, 2.45) is 7.05 Å². The summed E-state index contributed by atoms with van der Waals surface area (Å²) in [6, 6.07) is 4.85. The Bertz CT molecular complexity index is 478. The van der Waals surface area contributed by atoms with E-state index < -0.39 is 0 Å². The molecule has 0 aliphatic heterocycles. The van der Waals surface area contributed by atoms with Crippen LogP contribution in [0.1, 0.15) is 36.9 Å². The lowest BCUT2D eigenvalue weighted by Crippen LogP contribution is -2.32. The molecule has 0 aliphatic carbocycles. The molecule has 2 aromatic rings. The van der Waals surface area contributed by atoms with E-state index in [-0.39, 0.29) is 0 Å². The van der Waals surface area contributed by atoms with E-state index in [2.05, 4.69) is 39.8 Å². The van der Waals surface area contributed by atoms with Crippen molar-refractivity contribution < 1.29 is 0 Å². The Labute approximate surface area is 125 Å². The number of hydrogen-bond donors (Lipinski definition) is 1. The molecule has 0 aromatic carbocycles. The second-order valence-corrected chi connectivity index (χ2v) is 6.16. The first kappa shape index (κ1) is 15.2. The number of nitrogens with zero attached hydrogens (tertiary/aromatic N) is 3. The van der Waals surface area contributed by atoms with Crippen LogP contribution in [0.2, 0.25) is 0 Å². The van der Waals surface area contributed by atoms with Gasteiger partial charge in [0, 0.05) is 24.4 Å². The molecule has 0 fully saturated rings. The van der Waals surface area contributed by atoms with Crippen molar-refractivity contribution in [1.82, 2.24) is 20.1 Å². The van der Waals surface area contributed by atoms with Crippen molar-refractivity contribution in [2.75, 3.05) is 6.54 Å². The highest BCUT2D eigenvalue weighted by atomic mass is 32.1. The van der Waals surface area contributed by atoms with Crippen LogP contribution in [0.5, 0.6) is 0 Å². The number of aryl methyl sites for hydroxylation is 2. The summed E-state index contributed by atoms with van der Waals surface area (Å²) >= 11 is 1.85. The molecule has 110 valence electrons. The predicted molar refractivity (Wildman–Crippen MR) is 84.0 cm³/mol. The normalized spacial score (nSPS) is 12.7. The fourth-order valence-electron chi connectivity index (χ4n) is 2.33. The molecule has 0 bridgehead atoms. The van der Waals surface area contributed by atoms with Gasteiger partial charge < -0.3 is 5.32 Å². The molecular weight excluding hydrogens is 268 g/mol. The van der Waals surface area contributed by atoms with Crippen LogP contribution in [-0.4, -0.2) is 27.4 Å². The van der Waals surface area contributed by atoms with Crippen molar-refractivity contribution in [2.45, 2.75) is 45.1 Å². The summed E-state index contributed by atoms with van der Waals surface area (Å²) in [5, 5.41) is 9.94. The topological polar surface area (TPSA) is 42.7 Å². The van der Waals surface area contributed by atoms with Crippen LogP contribution in [0.15, 0.2) is 23.8 Å². The molecule has 0 spiro atoms. The second kappa shape index (κ2) is 8.17. The first-order valence-corrected chi connectivity index (χ1v) is 8.26. The molecule has 2 rings (SSSR count). The SMILES string of the molecule is CCCNC(CCCc1cccs1)Cc1ncnn1C. The third-order valence-electron chi connectivity index (χ3n) is 3.47. The van der Waals surface area contributed by atoms with Crippen molar-refractivity contribution in [3.05, 3.63) is 34.5 Å². The Morgan fingerprint density at radius 2 is 2.35 bits per heavy atom. The maximum Gasteiger partial charge on any atom is 0.138 e. The van der Waals surface area contributed by atoms with Crippen LogP contribution in [-0.2, 0) is 19.9 Å². The fraction of sp³-hybridized carbons (Fsp3) is 0.600. The molecule has 1 atom stereocenters. The molecule has 0 amide bonds. The summed E-state index contributed by atoms with van der Waals surface area (Å²) in [4.78, 5) is 5.82. The van der Waals surface area contributed by atoms with Gasteiger partial charge in [0.2, 0.25) is 0 Å². The van der Waals surface area contributed by atoms with Crippen molar-refractivity contribution in [3.63, 3.8) is 0 Å². The highest BCUT2D eigenvalue weighted by Gasteiger charge is 2.12. The maximum absolute atomic E-state index is 4.34. The Hall–Kier alpha value is -1.20. The number of rotatable bonds is 9. The Morgan fingerprint density at radius 1 is 1.45 bits per heavy atom. The van der Waals surface area contributed by atoms with E-state index in [1.54, 1.807) is 6.33 Å². The molecule has 2 heterocycles. The van der Waals surface area contributed by atoms with Crippen LogP contribution in [0, 0.1) is 0 Å². The van der Waals surface area contributed by atoms with Gasteiger partial charge in [-0.25, -0.2) is 4.98 Å². The van der Waals surface area contributed by atoms with Crippen molar-refractivity contribution in [3.8, 4) is 0 Å². The van der Waals surface area contributed by atoms with Crippen molar-refractivity contribution in [1.29, 1.82) is 0 Å². The van der Waals surface area contributed by atoms with E-state index in [9.17, 15) is 0 Å². The van der Waals surface area contributed by atoms with Crippen LogP contribution in [0.25, 0.3) is 0 Å². The van der Waals surface area contributed by atoms with Crippen LogP contribution < -0.4 is 5.32 Å². The van der Waals surface area contributed by atoms with Gasteiger partial charge in [0.15, 0.2) is 0 Å². The lowest BCUT2D eigenvalue weighted by molar-refractivity contribution is 0.450. The fourth-order valence-corrected chi connectivity index (χ4v) is 3.08. The minimum Gasteiger partial charge on any atom is -0.314 e. The van der Waals surface area contributed by atoms with Crippen LogP contribution in [0.3, 0.4) is 0 Å². The van der Waals surface area contributed by atoms with E-state index in [0.29, 0.717) is 6.04 Å². The third kappa shape index (κ3) is 4.72. The van der Waals surface area contributed by atoms with Gasteiger partial charge in [-0.2, -0.15) is 5.10 Å². The van der Waals surface area contributed by atoms with Gasteiger partial charge in [0.05, 0.1) is 0 Å². The van der Waals surface area contributed by atoms with Gasteiger partial charge in [-0.3, -0.25) is 4.68 Å². The minimum absolute atomic E-state index is 0.498. The summed E-state index contributed by atoms with van der Waals surface area (Å²) in [5.41, 5.74) is 0. The lowest BCUT2D eigenvalue weighted by Gasteiger charge is -2.17.